The minimum atomic E-state index is -0.150. The minimum Gasteiger partial charge on any atom is -0.390 e. The van der Waals surface area contributed by atoms with Crippen molar-refractivity contribution in [3.63, 3.8) is 0 Å². The second-order valence-electron chi connectivity index (χ2n) is 7.76. The highest BCUT2D eigenvalue weighted by molar-refractivity contribution is 5.98. The topological polar surface area (TPSA) is 89.8 Å². The molecule has 3 N–H and O–H groups in total. The number of aromatic nitrogens is 4. The third kappa shape index (κ3) is 3.66. The highest BCUT2D eigenvalue weighted by atomic mass is 16.3. The number of nitrogens with zero attached hydrogens (tertiary/aromatic N) is 4. The van der Waals surface area contributed by atoms with Crippen molar-refractivity contribution in [2.45, 2.75) is 19.6 Å². The highest BCUT2D eigenvalue weighted by Gasteiger charge is 2.15. The SMILES string of the molecule is C[C@H](N)c1cccc(-c2cc(-c3ccccc3)c3cnn(-c4cccc(CO)n4)c3c2)n1. The minimum absolute atomic E-state index is 0.123. The van der Waals surface area contributed by atoms with Gasteiger partial charge in [0, 0.05) is 17.0 Å². The van der Waals surface area contributed by atoms with Crippen molar-refractivity contribution in [3.8, 4) is 28.2 Å². The number of aliphatic hydroxyl groups excluding tert-OH is 1. The molecule has 3 aromatic heterocycles. The zero-order valence-corrected chi connectivity index (χ0v) is 17.7. The van der Waals surface area contributed by atoms with E-state index in [4.69, 9.17) is 10.7 Å². The van der Waals surface area contributed by atoms with E-state index in [1.807, 2.05) is 61.7 Å². The number of hydrogen-bond donors (Lipinski definition) is 2. The van der Waals surface area contributed by atoms with Crippen molar-refractivity contribution in [2.75, 3.05) is 0 Å². The molecule has 0 aliphatic carbocycles. The third-order valence-corrected chi connectivity index (χ3v) is 5.48. The van der Waals surface area contributed by atoms with Crippen molar-refractivity contribution in [1.82, 2.24) is 19.7 Å². The summed E-state index contributed by atoms with van der Waals surface area (Å²) >= 11 is 0. The summed E-state index contributed by atoms with van der Waals surface area (Å²) in [6.45, 7) is 1.81. The molecule has 0 amide bonds. The summed E-state index contributed by atoms with van der Waals surface area (Å²) in [5, 5.41) is 15.2. The van der Waals surface area contributed by atoms with E-state index in [2.05, 4.69) is 34.3 Å². The van der Waals surface area contributed by atoms with E-state index in [1.165, 1.54) is 0 Å². The summed E-state index contributed by atoms with van der Waals surface area (Å²) < 4.78 is 1.81. The summed E-state index contributed by atoms with van der Waals surface area (Å²) in [6, 6.07) is 25.8. The molecule has 32 heavy (non-hydrogen) atoms. The lowest BCUT2D eigenvalue weighted by Crippen LogP contribution is -2.07. The molecular formula is C26H23N5O. The van der Waals surface area contributed by atoms with Crippen LogP contribution in [0.5, 0.6) is 0 Å². The molecule has 5 rings (SSSR count). The molecule has 5 aromatic rings. The molecule has 6 nitrogen and oxygen atoms in total. The third-order valence-electron chi connectivity index (χ3n) is 5.48. The van der Waals surface area contributed by atoms with Gasteiger partial charge in [0.1, 0.15) is 0 Å². The van der Waals surface area contributed by atoms with Gasteiger partial charge in [0.25, 0.3) is 0 Å². The monoisotopic (exact) mass is 421 g/mol. The summed E-state index contributed by atoms with van der Waals surface area (Å²) in [6.07, 6.45) is 1.86. The molecule has 0 fully saturated rings. The van der Waals surface area contributed by atoms with Gasteiger partial charge in [0.15, 0.2) is 5.82 Å². The zero-order chi connectivity index (χ0) is 22.1. The zero-order valence-electron chi connectivity index (χ0n) is 17.7. The lowest BCUT2D eigenvalue weighted by atomic mass is 9.97. The molecule has 158 valence electrons. The maximum Gasteiger partial charge on any atom is 0.154 e. The first-order valence-electron chi connectivity index (χ1n) is 10.5. The summed E-state index contributed by atoms with van der Waals surface area (Å²) in [4.78, 5) is 9.34. The second-order valence-corrected chi connectivity index (χ2v) is 7.76. The Hall–Kier alpha value is -3.87. The second kappa shape index (κ2) is 8.34. The van der Waals surface area contributed by atoms with Gasteiger partial charge in [-0.3, -0.25) is 4.98 Å². The first-order chi connectivity index (χ1) is 15.6. The average molecular weight is 422 g/mol. The fourth-order valence-electron chi connectivity index (χ4n) is 3.85. The van der Waals surface area contributed by atoms with Crippen molar-refractivity contribution in [3.05, 3.63) is 96.4 Å². The Labute approximate surface area is 186 Å². The van der Waals surface area contributed by atoms with E-state index in [9.17, 15) is 5.11 Å². The molecule has 0 aliphatic rings. The first-order valence-corrected chi connectivity index (χ1v) is 10.5. The van der Waals surface area contributed by atoms with Gasteiger partial charge in [-0.05, 0) is 54.4 Å². The largest absolute Gasteiger partial charge is 0.390 e. The summed E-state index contributed by atoms with van der Waals surface area (Å²) in [5.74, 6) is 0.653. The van der Waals surface area contributed by atoms with Gasteiger partial charge in [0.2, 0.25) is 0 Å². The predicted molar refractivity (Wildman–Crippen MR) is 126 cm³/mol. The van der Waals surface area contributed by atoms with Gasteiger partial charge in [-0.2, -0.15) is 5.10 Å². The van der Waals surface area contributed by atoms with Crippen molar-refractivity contribution in [2.24, 2.45) is 5.73 Å². The van der Waals surface area contributed by atoms with Crippen LogP contribution in [0.15, 0.2) is 85.1 Å². The van der Waals surface area contributed by atoms with Gasteiger partial charge < -0.3 is 10.8 Å². The first kappa shape index (κ1) is 20.1. The molecule has 0 aliphatic heterocycles. The molecule has 0 saturated carbocycles. The van der Waals surface area contributed by atoms with E-state index in [1.54, 1.807) is 10.7 Å². The number of fused-ring (bicyclic) bond motifs is 1. The van der Waals surface area contributed by atoms with Crippen LogP contribution in [-0.4, -0.2) is 24.9 Å². The maximum atomic E-state index is 9.52. The predicted octanol–water partition coefficient (Wildman–Crippen LogP) is 4.66. The molecule has 0 saturated heterocycles. The highest BCUT2D eigenvalue weighted by Crippen LogP contribution is 2.34. The normalized spacial score (nSPS) is 12.2. The Balaban J connectivity index is 1.77. The number of nitrogens with two attached hydrogens (primary N) is 1. The molecule has 2 aromatic carbocycles. The Morgan fingerprint density at radius 3 is 2.50 bits per heavy atom. The standard InChI is InChI=1S/C26H23N5O/c1-17(27)23-10-6-11-24(30-23)19-13-21(18-7-3-2-4-8-18)22-15-28-31(25(22)14-19)26-12-5-9-20(16-32)29-26/h2-15,17,32H,16,27H2,1H3/t17-/m0/s1. The van der Waals surface area contributed by atoms with Gasteiger partial charge in [-0.25, -0.2) is 9.67 Å². The Kier molecular flexibility index (Phi) is 5.23. The van der Waals surface area contributed by atoms with Gasteiger partial charge >= 0.3 is 0 Å². The average Bonchev–Trinajstić information content (AvgIpc) is 3.28. The van der Waals surface area contributed by atoms with Gasteiger partial charge in [-0.1, -0.05) is 42.5 Å². The van der Waals surface area contributed by atoms with Crippen LogP contribution in [0, 0.1) is 0 Å². The van der Waals surface area contributed by atoms with Crippen molar-refractivity contribution < 1.29 is 5.11 Å². The number of aliphatic hydroxyl groups is 1. The van der Waals surface area contributed by atoms with E-state index in [0.29, 0.717) is 11.5 Å². The van der Waals surface area contributed by atoms with Gasteiger partial charge in [-0.15, -0.1) is 0 Å². The smallest absolute Gasteiger partial charge is 0.154 e. The van der Waals surface area contributed by atoms with Crippen LogP contribution in [0.4, 0.5) is 0 Å². The van der Waals surface area contributed by atoms with Crippen LogP contribution >= 0.6 is 0 Å². The number of rotatable bonds is 5. The number of pyridine rings is 2. The lowest BCUT2D eigenvalue weighted by Gasteiger charge is -2.12. The molecule has 0 radical (unpaired) electrons. The van der Waals surface area contributed by atoms with Crippen LogP contribution in [0.3, 0.4) is 0 Å². The fraction of sp³-hybridized carbons (Fsp3) is 0.115. The molecule has 0 spiro atoms. The molecule has 3 heterocycles. The summed E-state index contributed by atoms with van der Waals surface area (Å²) in [5.41, 5.74) is 12.4. The fourth-order valence-corrected chi connectivity index (χ4v) is 3.85. The molecule has 1 atom stereocenters. The van der Waals surface area contributed by atoms with Crippen molar-refractivity contribution >= 4 is 10.9 Å². The van der Waals surface area contributed by atoms with Crippen LogP contribution in [0.25, 0.3) is 39.1 Å². The van der Waals surface area contributed by atoms with E-state index in [-0.39, 0.29) is 12.6 Å². The van der Waals surface area contributed by atoms with Gasteiger partial charge in [0.05, 0.1) is 35.4 Å². The lowest BCUT2D eigenvalue weighted by molar-refractivity contribution is 0.276. The number of hydrogen-bond acceptors (Lipinski definition) is 5. The Morgan fingerprint density at radius 2 is 1.72 bits per heavy atom. The van der Waals surface area contributed by atoms with Crippen LogP contribution in [0.1, 0.15) is 24.4 Å². The molecule has 6 heteroatoms. The van der Waals surface area contributed by atoms with E-state index < -0.39 is 0 Å². The van der Waals surface area contributed by atoms with Crippen LogP contribution < -0.4 is 5.73 Å². The van der Waals surface area contributed by atoms with E-state index >= 15 is 0 Å². The number of benzene rings is 2. The molecular weight excluding hydrogens is 398 g/mol. The summed E-state index contributed by atoms with van der Waals surface area (Å²) in [7, 11) is 0. The van der Waals surface area contributed by atoms with Crippen molar-refractivity contribution in [1.29, 1.82) is 0 Å². The molecule has 0 bridgehead atoms. The molecule has 0 unspecified atom stereocenters. The Morgan fingerprint density at radius 1 is 0.906 bits per heavy atom. The van der Waals surface area contributed by atoms with Crippen LogP contribution in [-0.2, 0) is 6.61 Å². The quantitative estimate of drug-likeness (QED) is 0.431. The Bertz CT molecular complexity index is 1390. The van der Waals surface area contributed by atoms with E-state index in [0.717, 1.165) is 39.0 Å². The van der Waals surface area contributed by atoms with Crippen LogP contribution in [0.2, 0.25) is 0 Å². The maximum absolute atomic E-state index is 9.52.